The molecule has 198 valence electrons. The number of nitrogens with zero attached hydrogens (tertiary/aromatic N) is 2. The molecule has 1 amide bonds. The number of hydrogen-bond acceptors (Lipinski definition) is 6. The van der Waals surface area contributed by atoms with Gasteiger partial charge in [0.25, 0.3) is 10.0 Å². The van der Waals surface area contributed by atoms with Crippen LogP contribution in [-0.2, 0) is 21.3 Å². The summed E-state index contributed by atoms with van der Waals surface area (Å²) < 4.78 is 54.3. The summed E-state index contributed by atoms with van der Waals surface area (Å²) in [5.74, 6) is 0.00638. The van der Waals surface area contributed by atoms with Gasteiger partial charge in [0.15, 0.2) is 0 Å². The van der Waals surface area contributed by atoms with E-state index in [1.165, 1.54) is 24.4 Å². The van der Waals surface area contributed by atoms with Gasteiger partial charge in [-0.05, 0) is 63.7 Å². The van der Waals surface area contributed by atoms with Crippen LogP contribution in [0, 0.1) is 11.7 Å². The average Bonchev–Trinajstić information content (AvgIpc) is 3.22. The van der Waals surface area contributed by atoms with Crippen molar-refractivity contribution in [2.75, 3.05) is 26.7 Å². The number of rotatable bonds is 8. The third-order valence-electron chi connectivity index (χ3n) is 5.83. The molecule has 1 N–H and O–H groups in total. The van der Waals surface area contributed by atoms with E-state index in [9.17, 15) is 17.6 Å². The first-order chi connectivity index (χ1) is 17.5. The zero-order chi connectivity index (χ0) is 26.8. The van der Waals surface area contributed by atoms with Crippen molar-refractivity contribution in [2.45, 2.75) is 37.8 Å². The molecule has 1 aliphatic heterocycles. The number of nitrogens with one attached hydrogen (secondary N) is 1. The predicted octanol–water partition coefficient (Wildman–Crippen LogP) is 4.50. The van der Waals surface area contributed by atoms with E-state index in [2.05, 4.69) is 5.32 Å². The third-order valence-corrected chi connectivity index (χ3v) is 7.50. The van der Waals surface area contributed by atoms with Gasteiger partial charge in [0.05, 0.1) is 17.2 Å². The van der Waals surface area contributed by atoms with E-state index in [4.69, 9.17) is 9.47 Å². The van der Waals surface area contributed by atoms with Gasteiger partial charge in [-0.15, -0.1) is 0 Å². The minimum atomic E-state index is -4.05. The van der Waals surface area contributed by atoms with Gasteiger partial charge in [0.2, 0.25) is 0 Å². The summed E-state index contributed by atoms with van der Waals surface area (Å²) in [6.45, 7) is 7.24. The smallest absolute Gasteiger partial charge is 0.410 e. The lowest BCUT2D eigenvalue weighted by atomic mass is 10.0. The van der Waals surface area contributed by atoms with Crippen molar-refractivity contribution < 1.29 is 27.1 Å². The fraction of sp³-hybridized carbons (Fsp3) is 0.370. The van der Waals surface area contributed by atoms with Crippen molar-refractivity contribution in [3.63, 3.8) is 0 Å². The van der Waals surface area contributed by atoms with Crippen LogP contribution < -0.4 is 10.1 Å². The molecule has 37 heavy (non-hydrogen) atoms. The molecule has 0 atom stereocenters. The van der Waals surface area contributed by atoms with Crippen molar-refractivity contribution in [1.82, 2.24) is 14.2 Å². The number of ether oxygens (including phenoxy) is 2. The lowest BCUT2D eigenvalue weighted by Crippen LogP contribution is -2.53. The topological polar surface area (TPSA) is 89.9 Å². The molecule has 0 saturated carbocycles. The van der Waals surface area contributed by atoms with Crippen LogP contribution >= 0.6 is 0 Å². The lowest BCUT2D eigenvalue weighted by molar-refractivity contribution is -0.00783. The van der Waals surface area contributed by atoms with E-state index in [0.29, 0.717) is 37.6 Å². The first-order valence-electron chi connectivity index (χ1n) is 12.0. The van der Waals surface area contributed by atoms with E-state index in [0.717, 1.165) is 3.97 Å². The van der Waals surface area contributed by atoms with Crippen LogP contribution in [0.15, 0.2) is 65.7 Å². The number of benzene rings is 2. The predicted molar refractivity (Wildman–Crippen MR) is 138 cm³/mol. The van der Waals surface area contributed by atoms with Gasteiger partial charge in [0, 0.05) is 43.4 Å². The molecule has 10 heteroatoms. The molecule has 0 aliphatic carbocycles. The molecule has 1 saturated heterocycles. The van der Waals surface area contributed by atoms with Gasteiger partial charge < -0.3 is 19.7 Å². The van der Waals surface area contributed by atoms with Crippen LogP contribution in [0.2, 0.25) is 0 Å². The van der Waals surface area contributed by atoms with Gasteiger partial charge in [0.1, 0.15) is 17.2 Å². The second-order valence-electron chi connectivity index (χ2n) is 10.1. The quantitative estimate of drug-likeness (QED) is 0.462. The first kappa shape index (κ1) is 26.7. The molecule has 3 aromatic rings. The van der Waals surface area contributed by atoms with Gasteiger partial charge in [-0.25, -0.2) is 21.6 Å². The summed E-state index contributed by atoms with van der Waals surface area (Å²) in [5.41, 5.74) is 0.590. The fourth-order valence-corrected chi connectivity index (χ4v) is 5.49. The van der Waals surface area contributed by atoms with Crippen molar-refractivity contribution in [1.29, 1.82) is 0 Å². The van der Waals surface area contributed by atoms with E-state index in [1.807, 2.05) is 20.8 Å². The number of amides is 1. The minimum absolute atomic E-state index is 0.0261. The van der Waals surface area contributed by atoms with Gasteiger partial charge in [-0.3, -0.25) is 0 Å². The minimum Gasteiger partial charge on any atom is -0.493 e. The van der Waals surface area contributed by atoms with E-state index in [1.54, 1.807) is 48.3 Å². The molecule has 0 radical (unpaired) electrons. The standard InChI is InChI=1S/C27H32FN3O5S/c1-27(2,3)36-26(32)30-15-20(16-30)18-35-21-8-7-9-22(13-21)37(33,34)31-17-19(14-29-4)12-25(31)23-10-5-6-11-24(23)28/h5-13,17,20,29H,14-16,18H2,1-4H3. The molecule has 0 bridgehead atoms. The van der Waals surface area contributed by atoms with Gasteiger partial charge >= 0.3 is 6.09 Å². The number of hydrogen-bond donors (Lipinski definition) is 1. The Morgan fingerprint density at radius 3 is 2.51 bits per heavy atom. The molecule has 0 unspecified atom stereocenters. The van der Waals surface area contributed by atoms with Crippen LogP contribution in [0.1, 0.15) is 26.3 Å². The Balaban J connectivity index is 1.50. The zero-order valence-corrected chi connectivity index (χ0v) is 22.2. The maximum absolute atomic E-state index is 14.6. The Hall–Kier alpha value is -3.37. The van der Waals surface area contributed by atoms with Crippen molar-refractivity contribution in [3.8, 4) is 17.0 Å². The molecule has 2 heterocycles. The van der Waals surface area contributed by atoms with Crippen molar-refractivity contribution >= 4 is 16.1 Å². The van der Waals surface area contributed by atoms with Crippen LogP contribution in [-0.4, -0.2) is 55.7 Å². The normalized spacial score (nSPS) is 14.4. The van der Waals surface area contributed by atoms with E-state index in [-0.39, 0.29) is 28.2 Å². The van der Waals surface area contributed by atoms with Crippen LogP contribution in [0.25, 0.3) is 11.3 Å². The lowest BCUT2D eigenvalue weighted by Gasteiger charge is -2.39. The molecule has 2 aromatic carbocycles. The van der Waals surface area contributed by atoms with Crippen LogP contribution in [0.3, 0.4) is 0 Å². The fourth-order valence-electron chi connectivity index (χ4n) is 4.06. The van der Waals surface area contributed by atoms with Gasteiger partial charge in [-0.1, -0.05) is 18.2 Å². The SMILES string of the molecule is CNCc1cc(-c2ccccc2F)n(S(=O)(=O)c2cccc(OCC3CN(C(=O)OC(C)(C)C)C3)c2)c1. The maximum Gasteiger partial charge on any atom is 0.410 e. The van der Waals surface area contributed by atoms with Gasteiger partial charge in [-0.2, -0.15) is 0 Å². The molecule has 4 rings (SSSR count). The maximum atomic E-state index is 14.6. The number of halogens is 1. The highest BCUT2D eigenvalue weighted by atomic mass is 32.2. The number of carbonyl (C=O) groups is 1. The van der Waals surface area contributed by atoms with Crippen molar-refractivity contribution in [2.24, 2.45) is 5.92 Å². The summed E-state index contributed by atoms with van der Waals surface area (Å²) in [5, 5.41) is 3.00. The summed E-state index contributed by atoms with van der Waals surface area (Å²) in [6, 6.07) is 14.0. The number of carbonyl (C=O) groups excluding carboxylic acids is 1. The Bertz CT molecular complexity index is 1370. The zero-order valence-electron chi connectivity index (χ0n) is 21.4. The van der Waals surface area contributed by atoms with Crippen LogP contribution in [0.5, 0.6) is 5.75 Å². The summed E-state index contributed by atoms with van der Waals surface area (Å²) in [7, 11) is -2.30. The van der Waals surface area contributed by atoms with Crippen LogP contribution in [0.4, 0.5) is 9.18 Å². The van der Waals surface area contributed by atoms with Crippen molar-refractivity contribution in [3.05, 3.63) is 72.2 Å². The molecule has 8 nitrogen and oxygen atoms in total. The summed E-state index contributed by atoms with van der Waals surface area (Å²) in [6.07, 6.45) is 1.15. The Morgan fingerprint density at radius 2 is 1.84 bits per heavy atom. The Morgan fingerprint density at radius 1 is 1.11 bits per heavy atom. The second-order valence-corrected chi connectivity index (χ2v) is 11.9. The number of likely N-dealkylation sites (tertiary alicyclic amines) is 1. The van der Waals surface area contributed by atoms with E-state index >= 15 is 0 Å². The largest absolute Gasteiger partial charge is 0.493 e. The highest BCUT2D eigenvalue weighted by Crippen LogP contribution is 2.30. The molecule has 1 aliphatic rings. The molecule has 0 spiro atoms. The Labute approximate surface area is 217 Å². The average molecular weight is 530 g/mol. The Kier molecular flexibility index (Phi) is 7.61. The second kappa shape index (κ2) is 10.5. The molecular weight excluding hydrogens is 497 g/mol. The van der Waals surface area contributed by atoms with E-state index < -0.39 is 21.4 Å². The molecular formula is C27H32FN3O5S. The summed E-state index contributed by atoms with van der Waals surface area (Å²) >= 11 is 0. The first-order valence-corrected chi connectivity index (χ1v) is 13.5. The highest BCUT2D eigenvalue weighted by Gasteiger charge is 2.34. The summed E-state index contributed by atoms with van der Waals surface area (Å²) in [4.78, 5) is 13.7. The molecule has 1 fully saturated rings. The number of aromatic nitrogens is 1. The highest BCUT2D eigenvalue weighted by molar-refractivity contribution is 7.90. The third kappa shape index (κ3) is 6.14. The monoisotopic (exact) mass is 529 g/mol. The molecule has 1 aromatic heterocycles.